The Balaban J connectivity index is 2.04. The molecule has 0 spiro atoms. The normalized spacial score (nSPS) is 10.3. The molecular weight excluding hydrogens is 312 g/mol. The third-order valence-electron chi connectivity index (χ3n) is 4.12. The molecule has 3 aromatic rings. The Morgan fingerprint density at radius 1 is 0.800 bits per heavy atom. The first-order valence-corrected chi connectivity index (χ1v) is 7.91. The minimum atomic E-state index is -0.543. The summed E-state index contributed by atoms with van der Waals surface area (Å²) < 4.78 is 0. The summed E-state index contributed by atoms with van der Waals surface area (Å²) in [4.78, 5) is 36.2. The van der Waals surface area contributed by atoms with Crippen molar-refractivity contribution >= 4 is 17.9 Å². The van der Waals surface area contributed by atoms with E-state index in [0.717, 1.165) is 17.4 Å². The summed E-state index contributed by atoms with van der Waals surface area (Å²) in [6, 6.07) is 20.9. The van der Waals surface area contributed by atoms with E-state index in [1.807, 2.05) is 19.1 Å². The van der Waals surface area contributed by atoms with Gasteiger partial charge in [-0.15, -0.1) is 0 Å². The fourth-order valence-electron chi connectivity index (χ4n) is 2.75. The Morgan fingerprint density at radius 2 is 1.48 bits per heavy atom. The lowest BCUT2D eigenvalue weighted by molar-refractivity contribution is 0.0817. The van der Waals surface area contributed by atoms with Crippen molar-refractivity contribution in [3.8, 4) is 11.1 Å². The second kappa shape index (κ2) is 7.05. The third-order valence-corrected chi connectivity index (χ3v) is 4.12. The molecule has 0 amide bonds. The quantitative estimate of drug-likeness (QED) is 0.392. The highest BCUT2D eigenvalue weighted by Gasteiger charge is 2.21. The van der Waals surface area contributed by atoms with E-state index < -0.39 is 11.6 Å². The lowest BCUT2D eigenvalue weighted by Crippen LogP contribution is -2.15. The molecule has 0 aliphatic carbocycles. The number of benzene rings is 3. The van der Waals surface area contributed by atoms with Crippen LogP contribution in [0.5, 0.6) is 0 Å². The number of carbonyl (C=O) groups is 3. The second-order valence-corrected chi connectivity index (χ2v) is 5.76. The van der Waals surface area contributed by atoms with Crippen molar-refractivity contribution in [3.05, 3.63) is 95.1 Å². The monoisotopic (exact) mass is 328 g/mol. The topological polar surface area (TPSA) is 51.2 Å². The molecule has 0 saturated heterocycles. The fourth-order valence-corrected chi connectivity index (χ4v) is 2.75. The molecule has 122 valence electrons. The van der Waals surface area contributed by atoms with Crippen LogP contribution in [0, 0.1) is 6.92 Å². The van der Waals surface area contributed by atoms with Crippen LogP contribution in [0.2, 0.25) is 0 Å². The van der Waals surface area contributed by atoms with Gasteiger partial charge in [-0.2, -0.15) is 0 Å². The predicted molar refractivity (Wildman–Crippen MR) is 97.1 cm³/mol. The molecule has 3 aromatic carbocycles. The molecular formula is C22H16O3. The molecule has 3 nitrogen and oxygen atoms in total. The minimum Gasteiger partial charge on any atom is -0.298 e. The fraction of sp³-hybridized carbons (Fsp3) is 0.0455. The van der Waals surface area contributed by atoms with Gasteiger partial charge in [0.2, 0.25) is 11.6 Å². The standard InChI is InChI=1S/C22H16O3/c1-15-13-17(11-12-18(15)14-23)19-9-5-6-10-20(19)22(25)21(24)16-7-3-2-4-8-16/h2-14H,1H3. The largest absolute Gasteiger partial charge is 0.298 e. The Hall–Kier alpha value is -3.33. The van der Waals surface area contributed by atoms with Crippen LogP contribution in [0.1, 0.15) is 36.6 Å². The van der Waals surface area contributed by atoms with E-state index in [9.17, 15) is 14.4 Å². The van der Waals surface area contributed by atoms with Crippen LogP contribution in [0.15, 0.2) is 72.8 Å². The summed E-state index contributed by atoms with van der Waals surface area (Å²) >= 11 is 0. The van der Waals surface area contributed by atoms with Crippen LogP contribution in [-0.4, -0.2) is 17.9 Å². The summed E-state index contributed by atoms with van der Waals surface area (Å²) in [5, 5.41) is 0. The van der Waals surface area contributed by atoms with Crippen molar-refractivity contribution in [2.24, 2.45) is 0 Å². The maximum Gasteiger partial charge on any atom is 0.234 e. The van der Waals surface area contributed by atoms with E-state index in [-0.39, 0.29) is 0 Å². The molecule has 0 aromatic heterocycles. The maximum absolute atomic E-state index is 12.7. The van der Waals surface area contributed by atoms with Gasteiger partial charge in [-0.1, -0.05) is 72.8 Å². The summed E-state index contributed by atoms with van der Waals surface area (Å²) in [6.07, 6.45) is 0.801. The lowest BCUT2D eigenvalue weighted by Gasteiger charge is -2.10. The maximum atomic E-state index is 12.7. The molecule has 0 N–H and O–H groups in total. The molecule has 0 fully saturated rings. The molecule has 0 saturated carbocycles. The van der Waals surface area contributed by atoms with Crippen molar-refractivity contribution in [2.45, 2.75) is 6.92 Å². The van der Waals surface area contributed by atoms with Crippen LogP contribution >= 0.6 is 0 Å². The van der Waals surface area contributed by atoms with E-state index in [0.29, 0.717) is 22.3 Å². The van der Waals surface area contributed by atoms with E-state index in [4.69, 9.17) is 0 Å². The van der Waals surface area contributed by atoms with E-state index >= 15 is 0 Å². The highest BCUT2D eigenvalue weighted by Crippen LogP contribution is 2.26. The van der Waals surface area contributed by atoms with Gasteiger partial charge in [0.15, 0.2) is 0 Å². The molecule has 3 rings (SSSR count). The van der Waals surface area contributed by atoms with Crippen LogP contribution in [0.4, 0.5) is 0 Å². The number of hydrogen-bond acceptors (Lipinski definition) is 3. The molecule has 0 aliphatic heterocycles. The molecule has 3 heteroatoms. The Bertz CT molecular complexity index is 956. The number of carbonyl (C=O) groups excluding carboxylic acids is 3. The van der Waals surface area contributed by atoms with Crippen molar-refractivity contribution in [1.29, 1.82) is 0 Å². The summed E-state index contributed by atoms with van der Waals surface area (Å²) in [5.74, 6) is -1.08. The molecule has 0 unspecified atom stereocenters. The highest BCUT2D eigenvalue weighted by molar-refractivity contribution is 6.50. The van der Waals surface area contributed by atoms with Crippen LogP contribution in [0.3, 0.4) is 0 Å². The third kappa shape index (κ3) is 3.31. The zero-order valence-corrected chi connectivity index (χ0v) is 13.7. The van der Waals surface area contributed by atoms with Crippen molar-refractivity contribution in [3.63, 3.8) is 0 Å². The molecule has 0 atom stereocenters. The van der Waals surface area contributed by atoms with Gasteiger partial charge in [-0.05, 0) is 23.6 Å². The van der Waals surface area contributed by atoms with Crippen molar-refractivity contribution in [2.75, 3.05) is 0 Å². The van der Waals surface area contributed by atoms with Gasteiger partial charge in [0.25, 0.3) is 0 Å². The van der Waals surface area contributed by atoms with Crippen molar-refractivity contribution in [1.82, 2.24) is 0 Å². The first-order chi connectivity index (χ1) is 12.1. The smallest absolute Gasteiger partial charge is 0.234 e. The number of aldehydes is 1. The average Bonchev–Trinajstić information content (AvgIpc) is 2.67. The van der Waals surface area contributed by atoms with Crippen LogP contribution < -0.4 is 0 Å². The molecule has 0 aliphatic rings. The Morgan fingerprint density at radius 3 is 2.16 bits per heavy atom. The molecule has 0 bridgehead atoms. The van der Waals surface area contributed by atoms with Crippen molar-refractivity contribution < 1.29 is 14.4 Å². The number of aryl methyl sites for hydroxylation is 1. The number of Topliss-reactive ketones (excluding diaryl/α,β-unsaturated/α-hetero) is 2. The van der Waals surface area contributed by atoms with Crippen LogP contribution in [-0.2, 0) is 0 Å². The average molecular weight is 328 g/mol. The summed E-state index contributed by atoms with van der Waals surface area (Å²) in [7, 11) is 0. The number of hydrogen-bond donors (Lipinski definition) is 0. The first kappa shape index (κ1) is 16.5. The number of ketones is 2. The minimum absolute atomic E-state index is 0.356. The van der Waals surface area contributed by atoms with Gasteiger partial charge in [-0.25, -0.2) is 0 Å². The van der Waals surface area contributed by atoms with Gasteiger partial charge in [0, 0.05) is 16.7 Å². The molecule has 25 heavy (non-hydrogen) atoms. The second-order valence-electron chi connectivity index (χ2n) is 5.76. The van der Waals surface area contributed by atoms with Crippen LogP contribution in [0.25, 0.3) is 11.1 Å². The number of rotatable bonds is 5. The zero-order valence-electron chi connectivity index (χ0n) is 13.7. The first-order valence-electron chi connectivity index (χ1n) is 7.91. The molecule has 0 radical (unpaired) electrons. The lowest BCUT2D eigenvalue weighted by atomic mass is 9.92. The van der Waals surface area contributed by atoms with Gasteiger partial charge in [0.1, 0.15) is 6.29 Å². The SMILES string of the molecule is Cc1cc(-c2ccccc2C(=O)C(=O)c2ccccc2)ccc1C=O. The molecule has 0 heterocycles. The zero-order chi connectivity index (χ0) is 17.8. The van der Waals surface area contributed by atoms with Gasteiger partial charge >= 0.3 is 0 Å². The van der Waals surface area contributed by atoms with Gasteiger partial charge in [-0.3, -0.25) is 14.4 Å². The summed E-state index contributed by atoms with van der Waals surface area (Å²) in [5.41, 5.74) is 3.63. The Kier molecular flexibility index (Phi) is 4.66. The highest BCUT2D eigenvalue weighted by atomic mass is 16.2. The van der Waals surface area contributed by atoms with Gasteiger partial charge < -0.3 is 0 Å². The summed E-state index contributed by atoms with van der Waals surface area (Å²) in [6.45, 7) is 1.84. The van der Waals surface area contributed by atoms with E-state index in [1.54, 1.807) is 60.7 Å². The van der Waals surface area contributed by atoms with Gasteiger partial charge in [0.05, 0.1) is 0 Å². The van der Waals surface area contributed by atoms with E-state index in [1.165, 1.54) is 0 Å². The Labute approximate surface area is 145 Å². The van der Waals surface area contributed by atoms with E-state index in [2.05, 4.69) is 0 Å². The predicted octanol–water partition coefficient (Wildman–Crippen LogP) is 4.54.